The minimum atomic E-state index is -4.42. The summed E-state index contributed by atoms with van der Waals surface area (Å²) in [4.78, 5) is 30.9. The Morgan fingerprint density at radius 1 is 1.09 bits per heavy atom. The molecule has 2 aromatic carbocycles. The molecule has 0 spiro atoms. The Bertz CT molecular complexity index is 1200. The summed E-state index contributed by atoms with van der Waals surface area (Å²) in [6.45, 7) is 1.81. The normalized spacial score (nSPS) is 17.2. The van der Waals surface area contributed by atoms with Gasteiger partial charge in [-0.2, -0.15) is 13.2 Å². The van der Waals surface area contributed by atoms with Crippen LogP contribution in [0.3, 0.4) is 0 Å². The van der Waals surface area contributed by atoms with Crippen molar-refractivity contribution in [3.05, 3.63) is 77.4 Å². The standard InChI is InChI=1S/C23H17ClF3N3O2S/c1-13(14-10-11-28-19(12-14)17-4-2-3-5-18(17)24)20-21(31)30(22(32)29-20)15-6-8-16(9-7-15)33-23(25,26)27/h2-13,20H,1H3,(H,29,32). The van der Waals surface area contributed by atoms with E-state index in [-0.39, 0.29) is 22.3 Å². The number of rotatable bonds is 5. The average Bonchev–Trinajstić information content (AvgIpc) is 3.07. The number of carbonyl (C=O) groups is 2. The molecular weight excluding hydrogens is 475 g/mol. The summed E-state index contributed by atoms with van der Waals surface area (Å²) < 4.78 is 37.6. The minimum Gasteiger partial charge on any atom is -0.325 e. The van der Waals surface area contributed by atoms with Gasteiger partial charge in [0, 0.05) is 27.6 Å². The molecule has 3 amide bonds. The number of nitrogens with one attached hydrogen (secondary N) is 1. The lowest BCUT2D eigenvalue weighted by molar-refractivity contribution is -0.118. The predicted molar refractivity (Wildman–Crippen MR) is 121 cm³/mol. The third kappa shape index (κ3) is 4.99. The van der Waals surface area contributed by atoms with Crippen LogP contribution < -0.4 is 10.2 Å². The number of urea groups is 1. The highest BCUT2D eigenvalue weighted by atomic mass is 35.5. The van der Waals surface area contributed by atoms with Crippen LogP contribution in [0.5, 0.6) is 0 Å². The van der Waals surface area contributed by atoms with E-state index < -0.39 is 29.4 Å². The summed E-state index contributed by atoms with van der Waals surface area (Å²) in [6.07, 6.45) is 1.61. The Labute approximate surface area is 197 Å². The molecule has 33 heavy (non-hydrogen) atoms. The van der Waals surface area contributed by atoms with Gasteiger partial charge in [0.15, 0.2) is 0 Å². The van der Waals surface area contributed by atoms with E-state index in [9.17, 15) is 22.8 Å². The number of thioether (sulfide) groups is 1. The number of hydrogen-bond donors (Lipinski definition) is 1. The lowest BCUT2D eigenvalue weighted by atomic mass is 9.92. The molecule has 3 aromatic rings. The number of hydrogen-bond acceptors (Lipinski definition) is 4. The van der Waals surface area contributed by atoms with Gasteiger partial charge < -0.3 is 5.32 Å². The van der Waals surface area contributed by atoms with Crippen molar-refractivity contribution in [2.75, 3.05) is 4.90 Å². The van der Waals surface area contributed by atoms with E-state index in [4.69, 9.17) is 11.6 Å². The largest absolute Gasteiger partial charge is 0.446 e. The number of anilines is 1. The van der Waals surface area contributed by atoms with E-state index in [0.29, 0.717) is 10.7 Å². The summed E-state index contributed by atoms with van der Waals surface area (Å²) in [7, 11) is 0. The molecule has 1 aliphatic rings. The Kier molecular flexibility index (Phi) is 6.36. The number of halogens is 4. The molecule has 10 heteroatoms. The first-order valence-corrected chi connectivity index (χ1v) is 11.0. The summed E-state index contributed by atoms with van der Waals surface area (Å²) >= 11 is 6.01. The average molecular weight is 492 g/mol. The molecule has 1 fully saturated rings. The fourth-order valence-corrected chi connectivity index (χ4v) is 4.39. The van der Waals surface area contributed by atoms with Crippen LogP contribution in [0.1, 0.15) is 18.4 Å². The molecule has 0 bridgehead atoms. The maximum Gasteiger partial charge on any atom is 0.446 e. The number of nitrogens with zero attached hydrogens (tertiary/aromatic N) is 2. The molecular formula is C23H17ClF3N3O2S. The number of imide groups is 1. The highest BCUT2D eigenvalue weighted by molar-refractivity contribution is 8.00. The van der Waals surface area contributed by atoms with Gasteiger partial charge in [0.05, 0.1) is 11.4 Å². The highest BCUT2D eigenvalue weighted by Gasteiger charge is 2.42. The van der Waals surface area contributed by atoms with Crippen LogP contribution >= 0.6 is 23.4 Å². The molecule has 1 aromatic heterocycles. The molecule has 0 radical (unpaired) electrons. The molecule has 1 saturated heterocycles. The van der Waals surface area contributed by atoms with Crippen molar-refractivity contribution in [2.45, 2.75) is 29.3 Å². The van der Waals surface area contributed by atoms with Crippen LogP contribution in [-0.4, -0.2) is 28.5 Å². The molecule has 1 N–H and O–H groups in total. The third-order valence-corrected chi connectivity index (χ3v) is 6.33. The number of carbonyl (C=O) groups excluding carboxylic acids is 2. The first-order chi connectivity index (χ1) is 15.6. The first-order valence-electron chi connectivity index (χ1n) is 9.85. The fourth-order valence-electron chi connectivity index (χ4n) is 3.62. The smallest absolute Gasteiger partial charge is 0.325 e. The fraction of sp³-hybridized carbons (Fsp3) is 0.174. The molecule has 0 saturated carbocycles. The zero-order chi connectivity index (χ0) is 23.8. The van der Waals surface area contributed by atoms with E-state index in [1.54, 1.807) is 25.3 Å². The van der Waals surface area contributed by atoms with E-state index in [1.807, 2.05) is 24.3 Å². The summed E-state index contributed by atoms with van der Waals surface area (Å²) in [5, 5.41) is 3.22. The quantitative estimate of drug-likeness (QED) is 0.339. The summed E-state index contributed by atoms with van der Waals surface area (Å²) in [5.41, 5.74) is -2.07. The molecule has 2 heterocycles. The van der Waals surface area contributed by atoms with Crippen LogP contribution in [0.2, 0.25) is 5.02 Å². The Hall–Kier alpha value is -3.04. The van der Waals surface area contributed by atoms with Crippen LogP contribution in [0.25, 0.3) is 11.3 Å². The van der Waals surface area contributed by atoms with Gasteiger partial charge >= 0.3 is 11.5 Å². The topological polar surface area (TPSA) is 62.3 Å². The van der Waals surface area contributed by atoms with Gasteiger partial charge in [-0.1, -0.05) is 36.7 Å². The SMILES string of the molecule is CC(c1ccnc(-c2ccccc2Cl)c1)C1NC(=O)N(c2ccc(SC(F)(F)F)cc2)C1=O. The maximum atomic E-state index is 13.1. The van der Waals surface area contributed by atoms with E-state index >= 15 is 0 Å². The zero-order valence-corrected chi connectivity index (χ0v) is 18.7. The number of amides is 3. The molecule has 0 aliphatic carbocycles. The van der Waals surface area contributed by atoms with Crippen molar-refractivity contribution < 1.29 is 22.8 Å². The number of aromatic nitrogens is 1. The summed E-state index contributed by atoms with van der Waals surface area (Å²) in [5.74, 6) is -0.879. The maximum absolute atomic E-state index is 13.1. The van der Waals surface area contributed by atoms with E-state index in [0.717, 1.165) is 16.0 Å². The van der Waals surface area contributed by atoms with Crippen LogP contribution in [0, 0.1) is 0 Å². The molecule has 4 rings (SSSR count). The molecule has 2 atom stereocenters. The van der Waals surface area contributed by atoms with Crippen LogP contribution in [-0.2, 0) is 4.79 Å². The zero-order valence-electron chi connectivity index (χ0n) is 17.1. The van der Waals surface area contributed by atoms with Crippen LogP contribution in [0.15, 0.2) is 71.8 Å². The highest BCUT2D eigenvalue weighted by Crippen LogP contribution is 2.38. The number of alkyl halides is 3. The lowest BCUT2D eigenvalue weighted by Gasteiger charge is -2.19. The van der Waals surface area contributed by atoms with Gasteiger partial charge in [-0.15, -0.1) is 0 Å². The predicted octanol–water partition coefficient (Wildman–Crippen LogP) is 6.24. The molecule has 1 aliphatic heterocycles. The minimum absolute atomic E-state index is 0.0351. The third-order valence-electron chi connectivity index (χ3n) is 5.26. The van der Waals surface area contributed by atoms with Crippen molar-refractivity contribution in [2.24, 2.45) is 0 Å². The summed E-state index contributed by atoms with van der Waals surface area (Å²) in [6, 6.07) is 14.4. The van der Waals surface area contributed by atoms with Gasteiger partial charge in [-0.25, -0.2) is 9.69 Å². The van der Waals surface area contributed by atoms with Gasteiger partial charge in [0.1, 0.15) is 6.04 Å². The van der Waals surface area contributed by atoms with E-state index in [2.05, 4.69) is 10.3 Å². The Morgan fingerprint density at radius 3 is 2.45 bits per heavy atom. The Balaban J connectivity index is 1.55. The van der Waals surface area contributed by atoms with Crippen molar-refractivity contribution in [3.8, 4) is 11.3 Å². The molecule has 170 valence electrons. The lowest BCUT2D eigenvalue weighted by Crippen LogP contribution is -2.34. The van der Waals surface area contributed by atoms with Crippen molar-refractivity contribution in [3.63, 3.8) is 0 Å². The van der Waals surface area contributed by atoms with Crippen molar-refractivity contribution in [1.29, 1.82) is 0 Å². The number of pyridine rings is 1. The second-order valence-electron chi connectivity index (χ2n) is 7.39. The first kappa shape index (κ1) is 23.1. The van der Waals surface area contributed by atoms with Gasteiger partial charge in [-0.3, -0.25) is 9.78 Å². The second-order valence-corrected chi connectivity index (χ2v) is 8.93. The second kappa shape index (κ2) is 9.07. The Morgan fingerprint density at radius 2 is 1.79 bits per heavy atom. The monoisotopic (exact) mass is 491 g/mol. The van der Waals surface area contributed by atoms with Gasteiger partial charge in [-0.05, 0) is 59.8 Å². The van der Waals surface area contributed by atoms with Gasteiger partial charge in [0.2, 0.25) is 0 Å². The van der Waals surface area contributed by atoms with Crippen LogP contribution in [0.4, 0.5) is 23.7 Å². The van der Waals surface area contributed by atoms with Crippen molar-refractivity contribution in [1.82, 2.24) is 10.3 Å². The molecule has 5 nitrogen and oxygen atoms in total. The van der Waals surface area contributed by atoms with Crippen molar-refractivity contribution >= 4 is 41.0 Å². The number of benzene rings is 2. The van der Waals surface area contributed by atoms with Gasteiger partial charge in [0.25, 0.3) is 5.91 Å². The van der Waals surface area contributed by atoms with E-state index in [1.165, 1.54) is 24.3 Å². The molecule has 2 unspecified atom stereocenters.